The Bertz CT molecular complexity index is 646. The van der Waals surface area contributed by atoms with Crippen LogP contribution in [-0.4, -0.2) is 22.3 Å². The van der Waals surface area contributed by atoms with Gasteiger partial charge in [0.2, 0.25) is 0 Å². The maximum Gasteiger partial charge on any atom is 0.387 e. The average Bonchev–Trinajstić information content (AvgIpc) is 2.82. The van der Waals surface area contributed by atoms with Crippen LogP contribution in [0.1, 0.15) is 17.4 Å². The third-order valence-corrected chi connectivity index (χ3v) is 2.88. The van der Waals surface area contributed by atoms with Crippen LogP contribution in [0, 0.1) is 0 Å². The van der Waals surface area contributed by atoms with Crippen molar-refractivity contribution < 1.29 is 18.3 Å². The zero-order valence-electron chi connectivity index (χ0n) is 11.0. The predicted octanol–water partition coefficient (Wildman–Crippen LogP) is 3.41. The summed E-state index contributed by atoms with van der Waals surface area (Å²) < 4.78 is 30.4. The molecule has 0 unspecified atom stereocenters. The third kappa shape index (κ3) is 3.69. The lowest BCUT2D eigenvalue weighted by Crippen LogP contribution is -2.15. The minimum Gasteiger partial charge on any atom is -0.433 e. The second kappa shape index (κ2) is 6.53. The van der Waals surface area contributed by atoms with Gasteiger partial charge in [-0.1, -0.05) is 23.7 Å². The fourth-order valence-corrected chi connectivity index (χ4v) is 1.90. The van der Waals surface area contributed by atoms with Gasteiger partial charge in [0.15, 0.2) is 5.69 Å². The van der Waals surface area contributed by atoms with Crippen molar-refractivity contribution in [2.45, 2.75) is 20.1 Å². The maximum absolute atomic E-state index is 12.3. The summed E-state index contributed by atoms with van der Waals surface area (Å²) in [6, 6.07) is 5.88. The maximum atomic E-state index is 12.3. The van der Waals surface area contributed by atoms with Crippen LogP contribution in [0.4, 0.5) is 14.5 Å². The summed E-state index contributed by atoms with van der Waals surface area (Å²) in [6.45, 7) is -0.583. The van der Waals surface area contributed by atoms with Gasteiger partial charge < -0.3 is 10.1 Å². The summed E-state index contributed by atoms with van der Waals surface area (Å²) in [4.78, 5) is 12.1. The summed E-state index contributed by atoms with van der Waals surface area (Å²) in [5, 5.41) is 6.63. The smallest absolute Gasteiger partial charge is 0.387 e. The fraction of sp³-hybridized carbons (Fsp3) is 0.231. The molecule has 1 N–H and O–H groups in total. The van der Waals surface area contributed by atoms with Crippen molar-refractivity contribution >= 4 is 23.2 Å². The molecular weight excluding hydrogens is 304 g/mol. The number of hydrogen-bond acceptors (Lipinski definition) is 3. The molecular formula is C13H12ClF2N3O2. The van der Waals surface area contributed by atoms with Gasteiger partial charge in [-0.25, -0.2) is 0 Å². The molecule has 21 heavy (non-hydrogen) atoms. The Balaban J connectivity index is 2.21. The van der Waals surface area contributed by atoms with E-state index >= 15 is 0 Å². The number of para-hydroxylation sites is 2. The van der Waals surface area contributed by atoms with E-state index < -0.39 is 12.5 Å². The van der Waals surface area contributed by atoms with Gasteiger partial charge >= 0.3 is 6.61 Å². The Morgan fingerprint density at radius 3 is 2.81 bits per heavy atom. The molecule has 0 saturated carbocycles. The molecule has 0 aliphatic heterocycles. The zero-order valence-corrected chi connectivity index (χ0v) is 11.8. The molecule has 2 aromatic rings. The Labute approximate surface area is 124 Å². The average molecular weight is 316 g/mol. The SMILES string of the molecule is CCn1cc(Cl)c(C(=O)Nc2ccccc2OC(F)F)n1. The van der Waals surface area contributed by atoms with Crippen LogP contribution in [0.15, 0.2) is 30.5 Å². The molecule has 8 heteroatoms. The zero-order chi connectivity index (χ0) is 15.4. The number of nitrogens with zero attached hydrogens (tertiary/aromatic N) is 2. The van der Waals surface area contributed by atoms with E-state index in [1.54, 1.807) is 6.07 Å². The van der Waals surface area contributed by atoms with Gasteiger partial charge in [-0.05, 0) is 19.1 Å². The van der Waals surface area contributed by atoms with Crippen LogP contribution < -0.4 is 10.1 Å². The quantitative estimate of drug-likeness (QED) is 0.920. The molecule has 0 saturated heterocycles. The normalized spacial score (nSPS) is 10.7. The van der Waals surface area contributed by atoms with Crippen LogP contribution in [0.3, 0.4) is 0 Å². The molecule has 0 aliphatic carbocycles. The third-order valence-electron chi connectivity index (χ3n) is 2.61. The fourth-order valence-electron chi connectivity index (χ4n) is 1.66. The molecule has 5 nitrogen and oxygen atoms in total. The first kappa shape index (κ1) is 15.2. The molecule has 1 aromatic heterocycles. The minimum absolute atomic E-state index is 0.0189. The van der Waals surface area contributed by atoms with E-state index in [0.29, 0.717) is 6.54 Å². The predicted molar refractivity (Wildman–Crippen MR) is 73.9 cm³/mol. The number of carbonyl (C=O) groups is 1. The molecule has 1 amide bonds. The second-order valence-electron chi connectivity index (χ2n) is 4.01. The van der Waals surface area contributed by atoms with Crippen LogP contribution in [0.5, 0.6) is 5.75 Å². The number of anilines is 1. The molecule has 0 atom stereocenters. The lowest BCUT2D eigenvalue weighted by atomic mass is 10.3. The van der Waals surface area contributed by atoms with Gasteiger partial charge in [0.1, 0.15) is 5.75 Å². The van der Waals surface area contributed by atoms with Crippen molar-refractivity contribution in [1.82, 2.24) is 9.78 Å². The van der Waals surface area contributed by atoms with E-state index in [0.717, 1.165) is 0 Å². The van der Waals surface area contributed by atoms with Gasteiger partial charge in [-0.3, -0.25) is 9.48 Å². The highest BCUT2D eigenvalue weighted by molar-refractivity contribution is 6.34. The van der Waals surface area contributed by atoms with E-state index in [9.17, 15) is 13.6 Å². The molecule has 0 bridgehead atoms. The van der Waals surface area contributed by atoms with Gasteiger partial charge in [-0.2, -0.15) is 13.9 Å². The lowest BCUT2D eigenvalue weighted by Gasteiger charge is -2.10. The highest BCUT2D eigenvalue weighted by Crippen LogP contribution is 2.26. The summed E-state index contributed by atoms with van der Waals surface area (Å²) in [5.41, 5.74) is 0.135. The van der Waals surface area contributed by atoms with Crippen molar-refractivity contribution in [1.29, 1.82) is 0 Å². The number of ether oxygens (including phenoxy) is 1. The number of nitrogens with one attached hydrogen (secondary N) is 1. The Hall–Kier alpha value is -2.15. The number of aryl methyl sites for hydroxylation is 1. The lowest BCUT2D eigenvalue weighted by molar-refractivity contribution is -0.0493. The molecule has 0 spiro atoms. The molecule has 1 aromatic carbocycles. The standard InChI is InChI=1S/C13H12ClF2N3O2/c1-2-19-7-8(14)11(18-19)12(20)17-9-5-3-4-6-10(9)21-13(15)16/h3-7,13H,2H2,1H3,(H,17,20). The minimum atomic E-state index is -2.98. The van der Waals surface area contributed by atoms with Crippen LogP contribution in [0.25, 0.3) is 0 Å². The molecule has 0 radical (unpaired) electrons. The summed E-state index contributed by atoms with van der Waals surface area (Å²) in [6.07, 6.45) is 1.51. The summed E-state index contributed by atoms with van der Waals surface area (Å²) in [7, 11) is 0. The molecule has 2 rings (SSSR count). The first-order chi connectivity index (χ1) is 10.0. The van der Waals surface area contributed by atoms with E-state index in [-0.39, 0.29) is 22.2 Å². The van der Waals surface area contributed by atoms with Crippen LogP contribution in [-0.2, 0) is 6.54 Å². The van der Waals surface area contributed by atoms with Gasteiger partial charge in [0.05, 0.1) is 10.7 Å². The molecule has 0 fully saturated rings. The first-order valence-electron chi connectivity index (χ1n) is 6.09. The molecule has 1 heterocycles. The van der Waals surface area contributed by atoms with Gasteiger partial charge in [-0.15, -0.1) is 0 Å². The number of carbonyl (C=O) groups excluding carboxylic acids is 1. The topological polar surface area (TPSA) is 56.2 Å². The summed E-state index contributed by atoms with van der Waals surface area (Å²) >= 11 is 5.91. The monoisotopic (exact) mass is 315 g/mol. The van der Waals surface area contributed by atoms with Gasteiger partial charge in [0.25, 0.3) is 5.91 Å². The highest BCUT2D eigenvalue weighted by Gasteiger charge is 2.18. The number of alkyl halides is 2. The molecule has 112 valence electrons. The van der Waals surface area contributed by atoms with E-state index in [1.807, 2.05) is 6.92 Å². The second-order valence-corrected chi connectivity index (χ2v) is 4.42. The number of amides is 1. The Kier molecular flexibility index (Phi) is 4.74. The Morgan fingerprint density at radius 1 is 1.48 bits per heavy atom. The van der Waals surface area contributed by atoms with Crippen LogP contribution in [0.2, 0.25) is 5.02 Å². The van der Waals surface area contributed by atoms with Crippen molar-refractivity contribution in [3.8, 4) is 5.75 Å². The van der Waals surface area contributed by atoms with Crippen LogP contribution >= 0.6 is 11.6 Å². The number of hydrogen-bond donors (Lipinski definition) is 1. The number of aromatic nitrogens is 2. The van der Waals surface area contributed by atoms with E-state index in [4.69, 9.17) is 11.6 Å². The van der Waals surface area contributed by atoms with E-state index in [2.05, 4.69) is 15.2 Å². The highest BCUT2D eigenvalue weighted by atomic mass is 35.5. The first-order valence-corrected chi connectivity index (χ1v) is 6.47. The largest absolute Gasteiger partial charge is 0.433 e. The number of rotatable bonds is 5. The Morgan fingerprint density at radius 2 is 2.19 bits per heavy atom. The van der Waals surface area contributed by atoms with Crippen molar-refractivity contribution in [2.75, 3.05) is 5.32 Å². The van der Waals surface area contributed by atoms with Crippen molar-refractivity contribution in [3.63, 3.8) is 0 Å². The van der Waals surface area contributed by atoms with E-state index in [1.165, 1.54) is 29.1 Å². The van der Waals surface area contributed by atoms with Crippen molar-refractivity contribution in [2.24, 2.45) is 0 Å². The molecule has 0 aliphatic rings. The number of benzene rings is 1. The van der Waals surface area contributed by atoms with Crippen molar-refractivity contribution in [3.05, 3.63) is 41.2 Å². The number of halogens is 3. The summed E-state index contributed by atoms with van der Waals surface area (Å²) in [5.74, 6) is -0.732. The van der Waals surface area contributed by atoms with Gasteiger partial charge in [0, 0.05) is 12.7 Å².